The summed E-state index contributed by atoms with van der Waals surface area (Å²) in [4.78, 5) is 8.90. The van der Waals surface area contributed by atoms with Crippen molar-refractivity contribution in [1.29, 1.82) is 0 Å². The van der Waals surface area contributed by atoms with Crippen LogP contribution < -0.4 is 0 Å². The molecule has 0 aliphatic carbocycles. The molecule has 0 saturated carbocycles. The summed E-state index contributed by atoms with van der Waals surface area (Å²) in [5.41, 5.74) is 0. The molecule has 0 bridgehead atoms. The molecule has 0 aliphatic heterocycles. The van der Waals surface area contributed by atoms with Crippen molar-refractivity contribution in [2.75, 3.05) is 0 Å². The summed E-state index contributed by atoms with van der Waals surface area (Å²) < 4.78 is 31.7. The van der Waals surface area contributed by atoms with Crippen molar-refractivity contribution in [3.05, 3.63) is 0 Å². The van der Waals surface area contributed by atoms with E-state index in [1.54, 1.807) is 0 Å². The maximum atomic E-state index is 10.6. The molecule has 0 heterocycles. The zero-order valence-corrected chi connectivity index (χ0v) is 4.59. The predicted octanol–water partition coefficient (Wildman–Crippen LogP) is -1.13. The lowest BCUT2D eigenvalue weighted by Crippen LogP contribution is -2.21. The molecule has 0 amide bonds. The second kappa shape index (κ2) is 5.06. The standard InChI is InChI=1S/C2HF3O2.BH3O2/c3-2(4,5)1(6)7;2-1-3/h(H,6,7);1-3H. The first-order chi connectivity index (χ1) is 4.36. The monoisotopic (exact) mass is 160 g/mol. The zero-order valence-electron chi connectivity index (χ0n) is 4.59. The van der Waals surface area contributed by atoms with Gasteiger partial charge in [-0.3, -0.25) is 0 Å². The third-order valence-corrected chi connectivity index (χ3v) is 0.243. The van der Waals surface area contributed by atoms with Crippen LogP contribution in [0.2, 0.25) is 0 Å². The zero-order chi connectivity index (χ0) is 8.78. The maximum absolute atomic E-state index is 10.6. The van der Waals surface area contributed by atoms with Gasteiger partial charge >= 0.3 is 19.8 Å². The largest absolute Gasteiger partial charge is 0.490 e. The van der Waals surface area contributed by atoms with Crippen molar-refractivity contribution < 1.29 is 33.1 Å². The minimum Gasteiger partial charge on any atom is -0.475 e. The van der Waals surface area contributed by atoms with E-state index in [9.17, 15) is 13.2 Å². The first kappa shape index (κ1) is 12.0. The molecule has 0 saturated heterocycles. The SMILES string of the molecule is O=C(O)C(F)(F)F.OBO. The molecule has 0 rings (SSSR count). The average Bonchev–Trinajstić information content (AvgIpc) is 1.64. The molecule has 4 nitrogen and oxygen atoms in total. The van der Waals surface area contributed by atoms with Gasteiger partial charge in [0.15, 0.2) is 0 Å². The Bertz CT molecular complexity index is 101. The number of rotatable bonds is 0. The van der Waals surface area contributed by atoms with Crippen LogP contribution in [0.15, 0.2) is 0 Å². The van der Waals surface area contributed by atoms with E-state index in [-0.39, 0.29) is 0 Å². The van der Waals surface area contributed by atoms with Gasteiger partial charge in [0.2, 0.25) is 0 Å². The normalized spacial score (nSPS) is 9.30. The van der Waals surface area contributed by atoms with Crippen molar-refractivity contribution in [3.63, 3.8) is 0 Å². The summed E-state index contributed by atoms with van der Waals surface area (Å²) in [6, 6.07) is 0. The number of halogens is 3. The van der Waals surface area contributed by atoms with Crippen LogP contribution >= 0.6 is 0 Å². The van der Waals surface area contributed by atoms with Crippen LogP contribution in [0.5, 0.6) is 0 Å². The smallest absolute Gasteiger partial charge is 0.475 e. The Balaban J connectivity index is 0. The van der Waals surface area contributed by atoms with Crippen molar-refractivity contribution in [2.24, 2.45) is 0 Å². The highest BCUT2D eigenvalue weighted by Gasteiger charge is 2.38. The first-order valence-electron chi connectivity index (χ1n) is 1.88. The van der Waals surface area contributed by atoms with E-state index in [0.717, 1.165) is 0 Å². The van der Waals surface area contributed by atoms with Crippen LogP contribution in [0, 0.1) is 0 Å². The van der Waals surface area contributed by atoms with Gasteiger partial charge in [0.1, 0.15) is 0 Å². The molecule has 0 spiro atoms. The number of alkyl halides is 3. The van der Waals surface area contributed by atoms with Gasteiger partial charge in [0, 0.05) is 0 Å². The fourth-order valence-corrected chi connectivity index (χ4v) is 0. The molecule has 0 aliphatic rings. The fraction of sp³-hybridized carbons (Fsp3) is 0.500. The Labute approximate surface area is 54.2 Å². The summed E-state index contributed by atoms with van der Waals surface area (Å²) in [6.07, 6.45) is -5.08. The van der Waals surface area contributed by atoms with Crippen LogP contribution in [0.1, 0.15) is 0 Å². The number of carboxylic acid groups (broad SMARTS) is 1. The Morgan fingerprint density at radius 3 is 1.40 bits per heavy atom. The van der Waals surface area contributed by atoms with Crippen LogP contribution in [-0.2, 0) is 4.79 Å². The lowest BCUT2D eigenvalue weighted by molar-refractivity contribution is -0.192. The van der Waals surface area contributed by atoms with E-state index < -0.39 is 19.8 Å². The lowest BCUT2D eigenvalue weighted by Gasteiger charge is -1.93. The van der Waals surface area contributed by atoms with Crippen molar-refractivity contribution in [2.45, 2.75) is 6.18 Å². The average molecular weight is 160 g/mol. The molecule has 10 heavy (non-hydrogen) atoms. The number of carbonyl (C=O) groups is 1. The quantitative estimate of drug-likeness (QED) is 0.391. The van der Waals surface area contributed by atoms with Gasteiger partial charge in [-0.15, -0.1) is 0 Å². The van der Waals surface area contributed by atoms with Gasteiger partial charge in [-0.1, -0.05) is 0 Å². The van der Waals surface area contributed by atoms with Gasteiger partial charge < -0.3 is 15.2 Å². The van der Waals surface area contributed by atoms with E-state index in [0.29, 0.717) is 0 Å². The summed E-state index contributed by atoms with van der Waals surface area (Å²) in [6.45, 7) is 0. The Hall–Kier alpha value is -0.755. The predicted molar refractivity (Wildman–Crippen MR) is 25.3 cm³/mol. The molecule has 8 heteroatoms. The molecule has 0 atom stereocenters. The molecule has 0 aromatic carbocycles. The topological polar surface area (TPSA) is 77.8 Å². The van der Waals surface area contributed by atoms with Gasteiger partial charge in [-0.25, -0.2) is 4.79 Å². The third-order valence-electron chi connectivity index (χ3n) is 0.243. The van der Waals surface area contributed by atoms with E-state index >= 15 is 0 Å². The van der Waals surface area contributed by atoms with Crippen molar-refractivity contribution in [1.82, 2.24) is 0 Å². The fourth-order valence-electron chi connectivity index (χ4n) is 0. The summed E-state index contributed by atoms with van der Waals surface area (Å²) in [7, 11) is -0.750. The summed E-state index contributed by atoms with van der Waals surface area (Å²) >= 11 is 0. The molecule has 60 valence electrons. The minimum absolute atomic E-state index is 0.750. The molecular weight excluding hydrogens is 156 g/mol. The Kier molecular flexibility index (Phi) is 6.06. The molecule has 0 aromatic heterocycles. The van der Waals surface area contributed by atoms with Gasteiger partial charge in [-0.05, 0) is 0 Å². The first-order valence-corrected chi connectivity index (χ1v) is 1.88. The number of carboxylic acids is 1. The number of hydrogen-bond donors (Lipinski definition) is 3. The highest BCUT2D eigenvalue weighted by molar-refractivity contribution is 6.13. The number of aliphatic carboxylic acids is 1. The molecule has 3 N–H and O–H groups in total. The van der Waals surface area contributed by atoms with Gasteiger partial charge in [0.05, 0.1) is 0 Å². The number of hydrogen-bond acceptors (Lipinski definition) is 3. The maximum Gasteiger partial charge on any atom is 0.490 e. The molecule has 0 fully saturated rings. The Morgan fingerprint density at radius 2 is 1.40 bits per heavy atom. The van der Waals surface area contributed by atoms with Crippen LogP contribution in [0.3, 0.4) is 0 Å². The second-order valence-corrected chi connectivity index (χ2v) is 0.944. The van der Waals surface area contributed by atoms with Crippen LogP contribution in [0.25, 0.3) is 0 Å². The van der Waals surface area contributed by atoms with Crippen LogP contribution in [0.4, 0.5) is 13.2 Å². The van der Waals surface area contributed by atoms with Gasteiger partial charge in [0.25, 0.3) is 0 Å². The highest BCUT2D eigenvalue weighted by Crippen LogP contribution is 2.13. The summed E-state index contributed by atoms with van der Waals surface area (Å²) in [5, 5.41) is 21.4. The van der Waals surface area contributed by atoms with Crippen LogP contribution in [-0.4, -0.2) is 35.0 Å². The molecule has 0 radical (unpaired) electrons. The minimum atomic E-state index is -5.08. The van der Waals surface area contributed by atoms with Gasteiger partial charge in [-0.2, -0.15) is 13.2 Å². The van der Waals surface area contributed by atoms with Crippen molar-refractivity contribution >= 4 is 13.7 Å². The van der Waals surface area contributed by atoms with E-state index in [2.05, 4.69) is 0 Å². The highest BCUT2D eigenvalue weighted by atomic mass is 19.4. The second-order valence-electron chi connectivity index (χ2n) is 0.944. The van der Waals surface area contributed by atoms with E-state index in [1.807, 2.05) is 0 Å². The molecular formula is C2H4BF3O4. The summed E-state index contributed by atoms with van der Waals surface area (Å²) in [5.74, 6) is -2.76. The Morgan fingerprint density at radius 1 is 1.30 bits per heavy atom. The van der Waals surface area contributed by atoms with E-state index in [1.165, 1.54) is 0 Å². The molecule has 0 unspecified atom stereocenters. The molecule has 0 aromatic rings. The van der Waals surface area contributed by atoms with Crippen molar-refractivity contribution in [3.8, 4) is 0 Å². The third kappa shape index (κ3) is 10.3. The van der Waals surface area contributed by atoms with E-state index in [4.69, 9.17) is 19.9 Å². The lowest BCUT2D eigenvalue weighted by atomic mass is 10.5.